The van der Waals surface area contributed by atoms with E-state index in [1.807, 2.05) is 6.07 Å². The molecule has 1 amide bonds. The topological polar surface area (TPSA) is 54.0 Å². The van der Waals surface area contributed by atoms with Crippen molar-refractivity contribution in [2.24, 2.45) is 0 Å². The molecule has 1 aromatic carbocycles. The number of nitrogens with one attached hydrogen (secondary N) is 2. The fourth-order valence-corrected chi connectivity index (χ4v) is 3.84. The Morgan fingerprint density at radius 1 is 1.25 bits per heavy atom. The summed E-state index contributed by atoms with van der Waals surface area (Å²) in [6.45, 7) is 0.494. The number of aryl methyl sites for hydroxylation is 1. The molecule has 1 aromatic heterocycles. The molecule has 4 nitrogen and oxygen atoms in total. The Hall–Kier alpha value is -2.83. The standard InChI is InChI=1S/C21H20F3N3O/c22-21(23,24)15-4-6-17-14(7-9-26-19(17)11-15)10-20(28)27-16-5-3-13-2-1-8-25-18(13)12-16/h1-2,4,6,8,10-11,16,26H,3,5,7,9,12H2,(H,27,28). The van der Waals surface area contributed by atoms with Gasteiger partial charge in [0.25, 0.3) is 0 Å². The predicted molar refractivity (Wildman–Crippen MR) is 101 cm³/mol. The number of nitrogens with zero attached hydrogens (tertiary/aromatic N) is 1. The Morgan fingerprint density at radius 2 is 2.11 bits per heavy atom. The second-order valence-electron chi connectivity index (χ2n) is 7.16. The van der Waals surface area contributed by atoms with Gasteiger partial charge in [-0.3, -0.25) is 9.78 Å². The van der Waals surface area contributed by atoms with E-state index in [0.29, 0.717) is 30.6 Å². The molecule has 2 aromatic rings. The second-order valence-corrected chi connectivity index (χ2v) is 7.16. The molecular weight excluding hydrogens is 367 g/mol. The number of carbonyl (C=O) groups is 1. The third-order valence-electron chi connectivity index (χ3n) is 5.24. The van der Waals surface area contributed by atoms with E-state index in [9.17, 15) is 18.0 Å². The molecule has 0 saturated carbocycles. The van der Waals surface area contributed by atoms with Crippen LogP contribution in [-0.2, 0) is 23.8 Å². The van der Waals surface area contributed by atoms with Crippen molar-refractivity contribution in [1.82, 2.24) is 10.3 Å². The lowest BCUT2D eigenvalue weighted by molar-refractivity contribution is -0.137. The number of fused-ring (bicyclic) bond motifs is 2. The number of halogens is 3. The van der Waals surface area contributed by atoms with Gasteiger partial charge in [-0.05, 0) is 48.6 Å². The van der Waals surface area contributed by atoms with Gasteiger partial charge in [-0.1, -0.05) is 12.1 Å². The van der Waals surface area contributed by atoms with Gasteiger partial charge in [-0.2, -0.15) is 13.2 Å². The van der Waals surface area contributed by atoms with Gasteiger partial charge in [-0.15, -0.1) is 0 Å². The maximum Gasteiger partial charge on any atom is 0.416 e. The molecule has 146 valence electrons. The highest BCUT2D eigenvalue weighted by atomic mass is 19.4. The Labute approximate surface area is 160 Å². The van der Waals surface area contributed by atoms with Crippen LogP contribution in [0.5, 0.6) is 0 Å². The lowest BCUT2D eigenvalue weighted by Gasteiger charge is -2.25. The van der Waals surface area contributed by atoms with E-state index in [0.717, 1.165) is 36.2 Å². The van der Waals surface area contributed by atoms with Gasteiger partial charge in [-0.25, -0.2) is 0 Å². The summed E-state index contributed by atoms with van der Waals surface area (Å²) in [4.78, 5) is 16.9. The predicted octanol–water partition coefficient (Wildman–Crippen LogP) is 3.97. The minimum Gasteiger partial charge on any atom is -0.384 e. The van der Waals surface area contributed by atoms with E-state index in [2.05, 4.69) is 21.7 Å². The zero-order valence-electron chi connectivity index (χ0n) is 15.1. The van der Waals surface area contributed by atoms with E-state index < -0.39 is 11.7 Å². The molecule has 1 unspecified atom stereocenters. The molecule has 1 aliphatic heterocycles. The molecular formula is C21H20F3N3O. The van der Waals surface area contributed by atoms with Crippen LogP contribution in [0.25, 0.3) is 5.57 Å². The van der Waals surface area contributed by atoms with Crippen molar-refractivity contribution in [2.75, 3.05) is 11.9 Å². The molecule has 28 heavy (non-hydrogen) atoms. The Morgan fingerprint density at radius 3 is 2.93 bits per heavy atom. The summed E-state index contributed by atoms with van der Waals surface area (Å²) in [7, 11) is 0. The monoisotopic (exact) mass is 387 g/mol. The van der Waals surface area contributed by atoms with Crippen LogP contribution >= 0.6 is 0 Å². The molecule has 2 N–H and O–H groups in total. The summed E-state index contributed by atoms with van der Waals surface area (Å²) >= 11 is 0. The van der Waals surface area contributed by atoms with Crippen molar-refractivity contribution in [3.63, 3.8) is 0 Å². The van der Waals surface area contributed by atoms with Gasteiger partial charge in [0.05, 0.1) is 5.56 Å². The number of aromatic nitrogens is 1. The van der Waals surface area contributed by atoms with Gasteiger partial charge in [0.2, 0.25) is 5.91 Å². The molecule has 7 heteroatoms. The molecule has 2 aliphatic rings. The van der Waals surface area contributed by atoms with Crippen molar-refractivity contribution in [3.05, 3.63) is 65.0 Å². The first-order valence-corrected chi connectivity index (χ1v) is 9.29. The quantitative estimate of drug-likeness (QED) is 0.767. The number of carbonyl (C=O) groups excluding carboxylic acids is 1. The minimum absolute atomic E-state index is 0.0144. The van der Waals surface area contributed by atoms with Crippen molar-refractivity contribution in [2.45, 2.75) is 37.9 Å². The number of pyridine rings is 1. The number of hydrogen-bond acceptors (Lipinski definition) is 3. The molecule has 0 spiro atoms. The van der Waals surface area contributed by atoms with Gasteiger partial charge in [0, 0.05) is 48.2 Å². The average Bonchev–Trinajstić information content (AvgIpc) is 2.67. The van der Waals surface area contributed by atoms with E-state index in [1.165, 1.54) is 17.7 Å². The van der Waals surface area contributed by atoms with Crippen LogP contribution < -0.4 is 10.6 Å². The third kappa shape index (κ3) is 3.88. The van der Waals surface area contributed by atoms with Crippen molar-refractivity contribution >= 4 is 17.2 Å². The molecule has 2 heterocycles. The van der Waals surface area contributed by atoms with Crippen molar-refractivity contribution in [3.8, 4) is 0 Å². The van der Waals surface area contributed by atoms with Crippen LogP contribution in [0, 0.1) is 0 Å². The first-order chi connectivity index (χ1) is 13.4. The van der Waals surface area contributed by atoms with Crippen LogP contribution in [0.15, 0.2) is 42.6 Å². The van der Waals surface area contributed by atoms with Gasteiger partial charge in [0.1, 0.15) is 0 Å². The van der Waals surface area contributed by atoms with Crippen LogP contribution in [0.1, 0.15) is 35.2 Å². The fourth-order valence-electron chi connectivity index (χ4n) is 3.84. The normalized spacial score (nSPS) is 20.1. The largest absolute Gasteiger partial charge is 0.416 e. The molecule has 0 fully saturated rings. The van der Waals surface area contributed by atoms with Crippen molar-refractivity contribution in [1.29, 1.82) is 0 Å². The van der Waals surface area contributed by atoms with Crippen LogP contribution in [0.2, 0.25) is 0 Å². The van der Waals surface area contributed by atoms with Gasteiger partial charge in [0.15, 0.2) is 0 Å². The summed E-state index contributed by atoms with van der Waals surface area (Å²) in [6, 6.07) is 7.58. The number of alkyl halides is 3. The highest BCUT2D eigenvalue weighted by Gasteiger charge is 2.31. The number of amides is 1. The van der Waals surface area contributed by atoms with Crippen LogP contribution in [-0.4, -0.2) is 23.5 Å². The molecule has 1 aliphatic carbocycles. The summed E-state index contributed by atoms with van der Waals surface area (Å²) in [6.07, 6.45) is 1.88. The summed E-state index contributed by atoms with van der Waals surface area (Å²) in [5.74, 6) is -0.216. The SMILES string of the molecule is O=C(C=C1CCNc2cc(C(F)(F)F)ccc21)NC1CCc2cccnc2C1. The Bertz CT molecular complexity index is 937. The second kappa shape index (κ2) is 7.30. The number of rotatable bonds is 2. The van der Waals surface area contributed by atoms with Gasteiger partial charge < -0.3 is 10.6 Å². The first-order valence-electron chi connectivity index (χ1n) is 9.29. The zero-order valence-corrected chi connectivity index (χ0v) is 15.1. The Kier molecular flexibility index (Phi) is 4.83. The fraction of sp³-hybridized carbons (Fsp3) is 0.333. The smallest absolute Gasteiger partial charge is 0.384 e. The van der Waals surface area contributed by atoms with E-state index in [1.54, 1.807) is 6.20 Å². The Balaban J connectivity index is 1.49. The number of hydrogen-bond donors (Lipinski definition) is 2. The molecule has 0 bridgehead atoms. The van der Waals surface area contributed by atoms with E-state index in [4.69, 9.17) is 0 Å². The number of benzene rings is 1. The zero-order chi connectivity index (χ0) is 19.7. The molecule has 0 saturated heterocycles. The van der Waals surface area contributed by atoms with Crippen LogP contribution in [0.3, 0.4) is 0 Å². The minimum atomic E-state index is -4.39. The van der Waals surface area contributed by atoms with Crippen molar-refractivity contribution < 1.29 is 18.0 Å². The van der Waals surface area contributed by atoms with E-state index in [-0.39, 0.29) is 11.9 Å². The average molecular weight is 387 g/mol. The maximum atomic E-state index is 12.9. The summed E-state index contributed by atoms with van der Waals surface area (Å²) in [5.41, 5.74) is 3.34. The molecule has 0 radical (unpaired) electrons. The highest BCUT2D eigenvalue weighted by Crippen LogP contribution is 2.36. The molecule has 1 atom stereocenters. The lowest BCUT2D eigenvalue weighted by Crippen LogP contribution is -2.38. The van der Waals surface area contributed by atoms with E-state index >= 15 is 0 Å². The molecule has 4 rings (SSSR count). The first kappa shape index (κ1) is 18.5. The lowest BCUT2D eigenvalue weighted by atomic mass is 9.91. The number of anilines is 1. The highest BCUT2D eigenvalue weighted by molar-refractivity contribution is 5.97. The summed E-state index contributed by atoms with van der Waals surface area (Å²) in [5, 5.41) is 6.01. The summed E-state index contributed by atoms with van der Waals surface area (Å²) < 4.78 is 38.8. The third-order valence-corrected chi connectivity index (χ3v) is 5.24. The van der Waals surface area contributed by atoms with Gasteiger partial charge >= 0.3 is 6.18 Å². The maximum absolute atomic E-state index is 12.9. The van der Waals surface area contributed by atoms with Crippen LogP contribution in [0.4, 0.5) is 18.9 Å².